The molecule has 0 fully saturated rings. The smallest absolute Gasteiger partial charge is 0.134 e. The minimum atomic E-state index is 0.166. The lowest BCUT2D eigenvalue weighted by atomic mass is 10.1. The number of ether oxygens (including phenoxy) is 1. The highest BCUT2D eigenvalue weighted by Crippen LogP contribution is 2.13. The van der Waals surface area contributed by atoms with Crippen molar-refractivity contribution in [3.05, 3.63) is 41.7 Å². The largest absolute Gasteiger partial charge is 0.487 e. The molecule has 5 heteroatoms. The van der Waals surface area contributed by atoms with Crippen molar-refractivity contribution in [2.75, 3.05) is 6.61 Å². The first-order valence-electron chi connectivity index (χ1n) is 5.46. The lowest BCUT2D eigenvalue weighted by Crippen LogP contribution is -1.96. The standard InChI is InChI=1S/C12H15N3O2/c1-15-8-11(13-14-15)9-17-12-4-2-10(3-5-12)6-7-16/h2-5,8,16H,6-7,9H2,1H3. The average molecular weight is 233 g/mol. The van der Waals surface area contributed by atoms with Gasteiger partial charge in [-0.25, -0.2) is 0 Å². The van der Waals surface area contributed by atoms with E-state index in [1.807, 2.05) is 37.5 Å². The van der Waals surface area contributed by atoms with Crippen LogP contribution in [0.5, 0.6) is 5.75 Å². The van der Waals surface area contributed by atoms with Crippen molar-refractivity contribution in [2.45, 2.75) is 13.0 Å². The Labute approximate surface area is 99.7 Å². The fourth-order valence-electron chi connectivity index (χ4n) is 1.50. The predicted octanol–water partition coefficient (Wildman–Crippen LogP) is 0.929. The molecule has 0 unspecified atom stereocenters. The first-order valence-corrected chi connectivity index (χ1v) is 5.46. The molecule has 1 aromatic carbocycles. The maximum Gasteiger partial charge on any atom is 0.134 e. The van der Waals surface area contributed by atoms with Crippen LogP contribution in [0, 0.1) is 0 Å². The van der Waals surface area contributed by atoms with Crippen LogP contribution in [0.4, 0.5) is 0 Å². The summed E-state index contributed by atoms with van der Waals surface area (Å²) in [6.07, 6.45) is 2.49. The number of aromatic nitrogens is 3. The van der Waals surface area contributed by atoms with E-state index in [0.717, 1.165) is 17.0 Å². The van der Waals surface area contributed by atoms with Gasteiger partial charge < -0.3 is 9.84 Å². The molecule has 0 aliphatic rings. The van der Waals surface area contributed by atoms with E-state index >= 15 is 0 Å². The number of nitrogens with zero attached hydrogens (tertiary/aromatic N) is 3. The van der Waals surface area contributed by atoms with E-state index in [1.54, 1.807) is 4.68 Å². The highest BCUT2D eigenvalue weighted by Gasteiger charge is 2.00. The van der Waals surface area contributed by atoms with E-state index in [9.17, 15) is 0 Å². The van der Waals surface area contributed by atoms with Gasteiger partial charge in [0, 0.05) is 13.7 Å². The Morgan fingerprint density at radius 3 is 2.65 bits per heavy atom. The number of hydrogen-bond acceptors (Lipinski definition) is 4. The van der Waals surface area contributed by atoms with Crippen molar-refractivity contribution in [3.8, 4) is 5.75 Å². The van der Waals surface area contributed by atoms with Gasteiger partial charge in [0.2, 0.25) is 0 Å². The van der Waals surface area contributed by atoms with Crippen molar-refractivity contribution < 1.29 is 9.84 Å². The van der Waals surface area contributed by atoms with Crippen LogP contribution in [0.3, 0.4) is 0 Å². The molecule has 5 nitrogen and oxygen atoms in total. The molecule has 0 spiro atoms. The first kappa shape index (κ1) is 11.6. The van der Waals surface area contributed by atoms with Gasteiger partial charge in [0.1, 0.15) is 18.1 Å². The molecule has 2 rings (SSSR count). The maximum absolute atomic E-state index is 8.79. The van der Waals surface area contributed by atoms with Gasteiger partial charge in [0.25, 0.3) is 0 Å². The van der Waals surface area contributed by atoms with E-state index in [0.29, 0.717) is 13.0 Å². The summed E-state index contributed by atoms with van der Waals surface area (Å²) in [5.41, 5.74) is 1.89. The summed E-state index contributed by atoms with van der Waals surface area (Å²) < 4.78 is 7.20. The lowest BCUT2D eigenvalue weighted by molar-refractivity contribution is 0.297. The molecule has 90 valence electrons. The Morgan fingerprint density at radius 2 is 2.06 bits per heavy atom. The maximum atomic E-state index is 8.79. The molecule has 1 aromatic heterocycles. The molecule has 0 radical (unpaired) electrons. The summed E-state index contributed by atoms with van der Waals surface area (Å²) in [5, 5.41) is 16.6. The summed E-state index contributed by atoms with van der Waals surface area (Å²) in [6.45, 7) is 0.576. The minimum absolute atomic E-state index is 0.166. The van der Waals surface area contributed by atoms with Gasteiger partial charge >= 0.3 is 0 Å². The molecule has 0 atom stereocenters. The number of aryl methyl sites for hydroxylation is 1. The third-order valence-corrected chi connectivity index (χ3v) is 2.36. The molecular formula is C12H15N3O2. The van der Waals surface area contributed by atoms with Crippen LogP contribution in [0.15, 0.2) is 30.5 Å². The van der Waals surface area contributed by atoms with Gasteiger partial charge in [-0.1, -0.05) is 17.3 Å². The quantitative estimate of drug-likeness (QED) is 0.834. The summed E-state index contributed by atoms with van der Waals surface area (Å²) >= 11 is 0. The summed E-state index contributed by atoms with van der Waals surface area (Å²) in [5.74, 6) is 0.789. The molecule has 0 saturated heterocycles. The van der Waals surface area contributed by atoms with Gasteiger partial charge in [-0.05, 0) is 24.1 Å². The van der Waals surface area contributed by atoms with Gasteiger partial charge in [0.05, 0.1) is 6.20 Å². The molecule has 2 aromatic rings. The summed E-state index contributed by atoms with van der Waals surface area (Å²) in [7, 11) is 1.82. The van der Waals surface area contributed by atoms with Crippen molar-refractivity contribution in [2.24, 2.45) is 7.05 Å². The van der Waals surface area contributed by atoms with Crippen LogP contribution in [-0.2, 0) is 20.1 Å². The van der Waals surface area contributed by atoms with Gasteiger partial charge in [-0.3, -0.25) is 4.68 Å². The third-order valence-electron chi connectivity index (χ3n) is 2.36. The van der Waals surface area contributed by atoms with Gasteiger partial charge in [0.15, 0.2) is 0 Å². The molecule has 17 heavy (non-hydrogen) atoms. The van der Waals surface area contributed by atoms with Crippen molar-refractivity contribution >= 4 is 0 Å². The minimum Gasteiger partial charge on any atom is -0.487 e. The monoisotopic (exact) mass is 233 g/mol. The van der Waals surface area contributed by atoms with E-state index in [1.165, 1.54) is 0 Å². The van der Waals surface area contributed by atoms with Crippen molar-refractivity contribution in [1.29, 1.82) is 0 Å². The normalized spacial score (nSPS) is 10.5. The SMILES string of the molecule is Cn1cc(COc2ccc(CCO)cc2)nn1. The molecule has 0 aliphatic heterocycles. The molecule has 0 bridgehead atoms. The van der Waals surface area contributed by atoms with Crippen molar-refractivity contribution in [1.82, 2.24) is 15.0 Å². The van der Waals surface area contributed by atoms with Crippen molar-refractivity contribution in [3.63, 3.8) is 0 Å². The molecule has 0 saturated carbocycles. The Kier molecular flexibility index (Phi) is 3.72. The second-order valence-electron chi connectivity index (χ2n) is 3.79. The van der Waals surface area contributed by atoms with Crippen LogP contribution in [0.25, 0.3) is 0 Å². The van der Waals surface area contributed by atoms with Crippen LogP contribution in [0.2, 0.25) is 0 Å². The summed E-state index contributed by atoms with van der Waals surface area (Å²) in [4.78, 5) is 0. The second-order valence-corrected chi connectivity index (χ2v) is 3.79. The Balaban J connectivity index is 1.90. The zero-order valence-electron chi connectivity index (χ0n) is 9.71. The Hall–Kier alpha value is -1.88. The second kappa shape index (κ2) is 5.45. The highest BCUT2D eigenvalue weighted by molar-refractivity contribution is 5.27. The third kappa shape index (κ3) is 3.29. The predicted molar refractivity (Wildman–Crippen MR) is 62.6 cm³/mol. The zero-order chi connectivity index (χ0) is 12.1. The Bertz CT molecular complexity index is 465. The molecule has 0 amide bonds. The summed E-state index contributed by atoms with van der Waals surface area (Å²) in [6, 6.07) is 7.67. The van der Waals surface area contributed by atoms with E-state index in [2.05, 4.69) is 10.3 Å². The Morgan fingerprint density at radius 1 is 1.29 bits per heavy atom. The number of hydrogen-bond donors (Lipinski definition) is 1. The molecular weight excluding hydrogens is 218 g/mol. The molecule has 1 N–H and O–H groups in total. The topological polar surface area (TPSA) is 60.2 Å². The molecule has 0 aliphatic carbocycles. The highest BCUT2D eigenvalue weighted by atomic mass is 16.5. The van der Waals surface area contributed by atoms with Crippen LogP contribution < -0.4 is 4.74 Å². The van der Waals surface area contributed by atoms with Crippen LogP contribution in [-0.4, -0.2) is 26.7 Å². The van der Waals surface area contributed by atoms with E-state index in [-0.39, 0.29) is 6.61 Å². The van der Waals surface area contributed by atoms with E-state index in [4.69, 9.17) is 9.84 Å². The van der Waals surface area contributed by atoms with E-state index < -0.39 is 0 Å². The van der Waals surface area contributed by atoms with Gasteiger partial charge in [-0.2, -0.15) is 0 Å². The number of benzene rings is 1. The zero-order valence-corrected chi connectivity index (χ0v) is 9.71. The lowest BCUT2D eigenvalue weighted by Gasteiger charge is -2.04. The van der Waals surface area contributed by atoms with Crippen LogP contribution >= 0.6 is 0 Å². The van der Waals surface area contributed by atoms with Gasteiger partial charge in [-0.15, -0.1) is 5.10 Å². The first-order chi connectivity index (χ1) is 8.28. The fraction of sp³-hybridized carbons (Fsp3) is 0.333. The number of aliphatic hydroxyl groups excluding tert-OH is 1. The van der Waals surface area contributed by atoms with Crippen LogP contribution in [0.1, 0.15) is 11.3 Å². The number of rotatable bonds is 5. The average Bonchev–Trinajstić information content (AvgIpc) is 2.75. The fourth-order valence-corrected chi connectivity index (χ4v) is 1.50. The molecule has 1 heterocycles. The number of aliphatic hydroxyl groups is 1.